The van der Waals surface area contributed by atoms with Gasteiger partial charge in [0.15, 0.2) is 17.5 Å². The first-order valence-corrected chi connectivity index (χ1v) is 15.2. The zero-order valence-electron chi connectivity index (χ0n) is 23.2. The summed E-state index contributed by atoms with van der Waals surface area (Å²) < 4.78 is 2.69. The van der Waals surface area contributed by atoms with Crippen molar-refractivity contribution < 1.29 is 0 Å². The molecule has 1 unspecified atom stereocenters. The first kappa shape index (κ1) is 24.8. The van der Waals surface area contributed by atoms with Crippen molar-refractivity contribution in [2.45, 2.75) is 19.3 Å². The highest BCUT2D eigenvalue weighted by Gasteiger charge is 2.25. The molecule has 1 aliphatic rings. The molecule has 0 aliphatic heterocycles. The van der Waals surface area contributed by atoms with Gasteiger partial charge in [-0.3, -0.25) is 0 Å². The summed E-state index contributed by atoms with van der Waals surface area (Å²) in [5.74, 6) is 2.46. The second-order valence-corrected chi connectivity index (χ2v) is 12.0. The van der Waals surface area contributed by atoms with Gasteiger partial charge in [-0.15, -0.1) is 11.3 Å². The van der Waals surface area contributed by atoms with Crippen LogP contribution in [0.2, 0.25) is 0 Å². The molecule has 4 heteroatoms. The van der Waals surface area contributed by atoms with Gasteiger partial charge in [-0.25, -0.2) is 15.0 Å². The number of aromatic nitrogens is 3. The van der Waals surface area contributed by atoms with Crippen molar-refractivity contribution in [1.29, 1.82) is 0 Å². The maximum atomic E-state index is 5.16. The van der Waals surface area contributed by atoms with E-state index < -0.39 is 0 Å². The Bertz CT molecular complexity index is 2130. The Labute approximate surface area is 248 Å². The number of thiophene rings is 1. The first-order valence-electron chi connectivity index (χ1n) is 14.3. The fourth-order valence-corrected chi connectivity index (χ4v) is 7.38. The summed E-state index contributed by atoms with van der Waals surface area (Å²) >= 11 is 1.88. The van der Waals surface area contributed by atoms with Crippen molar-refractivity contribution in [3.05, 3.63) is 138 Å². The van der Waals surface area contributed by atoms with Crippen LogP contribution in [0, 0.1) is 0 Å². The van der Waals surface area contributed by atoms with E-state index in [1.165, 1.54) is 31.3 Å². The Morgan fingerprint density at radius 3 is 2.02 bits per heavy atom. The highest BCUT2D eigenvalue weighted by molar-refractivity contribution is 7.25. The Kier molecular flexibility index (Phi) is 6.01. The molecule has 1 atom stereocenters. The fraction of sp³-hybridized carbons (Fsp3) is 0.0789. The lowest BCUT2D eigenvalue weighted by atomic mass is 9.81. The van der Waals surface area contributed by atoms with Gasteiger partial charge in [0.1, 0.15) is 0 Å². The van der Waals surface area contributed by atoms with Gasteiger partial charge in [0, 0.05) is 31.3 Å². The summed E-state index contributed by atoms with van der Waals surface area (Å²) in [6.45, 7) is 2.34. The molecule has 200 valence electrons. The topological polar surface area (TPSA) is 38.7 Å². The lowest BCUT2D eigenvalue weighted by Gasteiger charge is -2.24. The maximum Gasteiger partial charge on any atom is 0.164 e. The standard InChI is InChI=1S/C38H27N3S/c1-24-22-28(23-27-20-21-33-35(34(24)27)31-18-10-11-19-32(31)42-33)37-39-36(26-14-6-3-7-15-26)40-38(41-37)30-17-9-8-16-29(30)25-12-4-2-5-13-25/h2-21,23-24H,22H2,1H3. The monoisotopic (exact) mass is 557 g/mol. The normalized spacial score (nSPS) is 14.6. The largest absolute Gasteiger partial charge is 0.209 e. The van der Waals surface area contributed by atoms with Crippen molar-refractivity contribution in [2.24, 2.45) is 0 Å². The van der Waals surface area contributed by atoms with Crippen LogP contribution in [0.3, 0.4) is 0 Å². The minimum atomic E-state index is 0.332. The predicted molar refractivity (Wildman–Crippen MR) is 176 cm³/mol. The summed E-state index contributed by atoms with van der Waals surface area (Å²) in [6, 6.07) is 42.4. The average Bonchev–Trinajstić information content (AvgIpc) is 3.44. The third-order valence-electron chi connectivity index (χ3n) is 8.17. The Hall–Kier alpha value is -4.93. The molecular formula is C38H27N3S. The highest BCUT2D eigenvalue weighted by Crippen LogP contribution is 2.45. The van der Waals surface area contributed by atoms with Gasteiger partial charge in [0.2, 0.25) is 0 Å². The van der Waals surface area contributed by atoms with Gasteiger partial charge in [-0.2, -0.15) is 0 Å². The highest BCUT2D eigenvalue weighted by atomic mass is 32.1. The third-order valence-corrected chi connectivity index (χ3v) is 9.31. The number of hydrogen-bond donors (Lipinski definition) is 0. The first-order chi connectivity index (χ1) is 20.7. The maximum absolute atomic E-state index is 5.16. The van der Waals surface area contributed by atoms with Crippen molar-refractivity contribution in [3.8, 4) is 33.9 Å². The molecule has 8 rings (SSSR count). The summed E-state index contributed by atoms with van der Waals surface area (Å²) in [4.78, 5) is 15.3. The molecule has 2 heterocycles. The Balaban J connectivity index is 1.33. The fourth-order valence-electron chi connectivity index (χ4n) is 6.25. The number of fused-ring (bicyclic) bond motifs is 5. The molecule has 3 nitrogen and oxygen atoms in total. The van der Waals surface area contributed by atoms with E-state index in [0.29, 0.717) is 17.6 Å². The van der Waals surface area contributed by atoms with E-state index in [0.717, 1.165) is 40.1 Å². The molecule has 5 aromatic carbocycles. The van der Waals surface area contributed by atoms with Crippen LogP contribution in [-0.2, 0) is 0 Å². The van der Waals surface area contributed by atoms with Crippen molar-refractivity contribution in [2.75, 3.05) is 0 Å². The van der Waals surface area contributed by atoms with Gasteiger partial charge in [0.25, 0.3) is 0 Å². The number of allylic oxidation sites excluding steroid dienone is 1. The van der Waals surface area contributed by atoms with Crippen LogP contribution in [0.5, 0.6) is 0 Å². The van der Waals surface area contributed by atoms with Gasteiger partial charge < -0.3 is 0 Å². The molecule has 0 bridgehead atoms. The summed E-state index contributed by atoms with van der Waals surface area (Å²) in [6.07, 6.45) is 3.17. The predicted octanol–water partition coefficient (Wildman–Crippen LogP) is 10.3. The quantitative estimate of drug-likeness (QED) is 0.216. The second kappa shape index (κ2) is 10.2. The van der Waals surface area contributed by atoms with E-state index >= 15 is 0 Å². The van der Waals surface area contributed by atoms with Crippen molar-refractivity contribution in [1.82, 2.24) is 15.0 Å². The summed E-state index contributed by atoms with van der Waals surface area (Å²) in [5.41, 5.74) is 8.07. The molecular weight excluding hydrogens is 531 g/mol. The smallest absolute Gasteiger partial charge is 0.164 e. The number of rotatable bonds is 4. The summed E-state index contributed by atoms with van der Waals surface area (Å²) in [7, 11) is 0. The van der Waals surface area contributed by atoms with Crippen LogP contribution in [0.4, 0.5) is 0 Å². The zero-order valence-corrected chi connectivity index (χ0v) is 24.0. The van der Waals surface area contributed by atoms with E-state index in [9.17, 15) is 0 Å². The third kappa shape index (κ3) is 4.23. The van der Waals surface area contributed by atoms with Crippen LogP contribution >= 0.6 is 11.3 Å². The Morgan fingerprint density at radius 1 is 0.571 bits per heavy atom. The molecule has 0 amide bonds. The zero-order chi connectivity index (χ0) is 28.0. The molecule has 0 saturated carbocycles. The average molecular weight is 558 g/mol. The van der Waals surface area contributed by atoms with Gasteiger partial charge in [0.05, 0.1) is 0 Å². The molecule has 0 saturated heterocycles. The van der Waals surface area contributed by atoms with E-state index in [1.807, 2.05) is 35.6 Å². The summed E-state index contributed by atoms with van der Waals surface area (Å²) in [5, 5.41) is 2.75. The molecule has 0 N–H and O–H groups in total. The number of hydrogen-bond acceptors (Lipinski definition) is 4. The van der Waals surface area contributed by atoms with E-state index in [2.05, 4.69) is 110 Å². The van der Waals surface area contributed by atoms with Crippen molar-refractivity contribution in [3.63, 3.8) is 0 Å². The number of benzene rings is 5. The minimum Gasteiger partial charge on any atom is -0.209 e. The van der Waals surface area contributed by atoms with Crippen molar-refractivity contribution >= 4 is 43.2 Å². The molecule has 42 heavy (non-hydrogen) atoms. The second-order valence-electron chi connectivity index (χ2n) is 10.9. The van der Waals surface area contributed by atoms with Crippen LogP contribution in [0.15, 0.2) is 121 Å². The minimum absolute atomic E-state index is 0.332. The van der Waals surface area contributed by atoms with Crippen LogP contribution < -0.4 is 0 Å². The molecule has 0 spiro atoms. The molecule has 2 aromatic heterocycles. The molecule has 0 radical (unpaired) electrons. The lowest BCUT2D eigenvalue weighted by Crippen LogP contribution is -2.09. The van der Waals surface area contributed by atoms with E-state index in [-0.39, 0.29) is 0 Å². The van der Waals surface area contributed by atoms with E-state index in [4.69, 9.17) is 15.0 Å². The van der Waals surface area contributed by atoms with Gasteiger partial charge in [-0.05, 0) is 58.4 Å². The van der Waals surface area contributed by atoms with Gasteiger partial charge in [-0.1, -0.05) is 116 Å². The Morgan fingerprint density at radius 2 is 1.21 bits per heavy atom. The number of nitrogens with zero attached hydrogens (tertiary/aromatic N) is 3. The van der Waals surface area contributed by atoms with Gasteiger partial charge >= 0.3 is 0 Å². The van der Waals surface area contributed by atoms with Crippen LogP contribution in [0.1, 0.15) is 36.2 Å². The lowest BCUT2D eigenvalue weighted by molar-refractivity contribution is 0.784. The SMILES string of the molecule is CC1CC(c2nc(-c3ccccc3)nc(-c3ccccc3-c3ccccc3)n2)=Cc2ccc3sc4ccccc4c3c21. The molecule has 0 fully saturated rings. The van der Waals surface area contributed by atoms with Crippen LogP contribution in [0.25, 0.3) is 65.7 Å². The van der Waals surface area contributed by atoms with E-state index in [1.54, 1.807) is 0 Å². The molecule has 1 aliphatic carbocycles. The van der Waals surface area contributed by atoms with Crippen LogP contribution in [-0.4, -0.2) is 15.0 Å². The molecule has 7 aromatic rings.